The fourth-order valence-electron chi connectivity index (χ4n) is 2.88. The second-order valence-electron chi connectivity index (χ2n) is 4.90. The quantitative estimate of drug-likeness (QED) is 0.678. The summed E-state index contributed by atoms with van der Waals surface area (Å²) in [4.78, 5) is 4.47. The van der Waals surface area contributed by atoms with E-state index in [0.717, 1.165) is 5.69 Å². The largest absolute Gasteiger partial charge is 0.397 e. The number of aromatic nitrogens is 1. The van der Waals surface area contributed by atoms with Gasteiger partial charge in [0.15, 0.2) is 0 Å². The van der Waals surface area contributed by atoms with E-state index < -0.39 is 0 Å². The molecule has 2 nitrogen and oxygen atoms in total. The highest BCUT2D eigenvalue weighted by molar-refractivity contribution is 5.41. The number of aryl methyl sites for hydroxylation is 1. The van der Waals surface area contributed by atoms with Gasteiger partial charge in [-0.1, -0.05) is 6.42 Å². The Balaban J connectivity index is 1.94. The van der Waals surface area contributed by atoms with Crippen LogP contribution in [0.4, 0.5) is 5.69 Å². The van der Waals surface area contributed by atoms with Crippen LogP contribution in [0.1, 0.15) is 36.9 Å². The van der Waals surface area contributed by atoms with E-state index in [4.69, 9.17) is 5.73 Å². The van der Waals surface area contributed by atoms with E-state index in [1.165, 1.54) is 49.8 Å². The van der Waals surface area contributed by atoms with Gasteiger partial charge in [0.1, 0.15) is 0 Å². The van der Waals surface area contributed by atoms with Crippen LogP contribution in [0, 0.1) is 5.41 Å². The smallest absolute Gasteiger partial charge is 0.0503 e. The maximum atomic E-state index is 5.73. The number of nitrogens with zero attached hydrogens (tertiary/aromatic N) is 1. The van der Waals surface area contributed by atoms with Crippen molar-refractivity contribution in [3.63, 3.8) is 0 Å². The van der Waals surface area contributed by atoms with E-state index >= 15 is 0 Å². The van der Waals surface area contributed by atoms with Crippen molar-refractivity contribution >= 4 is 5.69 Å². The van der Waals surface area contributed by atoms with E-state index in [9.17, 15) is 0 Å². The summed E-state index contributed by atoms with van der Waals surface area (Å²) in [6, 6.07) is 2.11. The van der Waals surface area contributed by atoms with Crippen molar-refractivity contribution in [2.24, 2.45) is 5.41 Å². The van der Waals surface area contributed by atoms with Gasteiger partial charge in [-0.25, -0.2) is 0 Å². The van der Waals surface area contributed by atoms with E-state index in [2.05, 4.69) is 11.1 Å². The van der Waals surface area contributed by atoms with Crippen LogP contribution < -0.4 is 5.73 Å². The Hall–Kier alpha value is -1.05. The van der Waals surface area contributed by atoms with Crippen LogP contribution in [-0.4, -0.2) is 4.98 Å². The zero-order valence-electron chi connectivity index (χ0n) is 8.42. The molecule has 1 spiro atoms. The van der Waals surface area contributed by atoms with Gasteiger partial charge in [0.2, 0.25) is 0 Å². The molecule has 0 aliphatic heterocycles. The van der Waals surface area contributed by atoms with Crippen molar-refractivity contribution in [3.05, 3.63) is 23.5 Å². The average molecular weight is 188 g/mol. The Morgan fingerprint density at radius 2 is 2.14 bits per heavy atom. The maximum Gasteiger partial charge on any atom is 0.0503 e. The van der Waals surface area contributed by atoms with Crippen molar-refractivity contribution in [3.8, 4) is 0 Å². The lowest BCUT2D eigenvalue weighted by atomic mass is 9.60. The number of fused-ring (bicyclic) bond motifs is 1. The van der Waals surface area contributed by atoms with Crippen LogP contribution in [0.5, 0.6) is 0 Å². The van der Waals surface area contributed by atoms with Gasteiger partial charge in [0.25, 0.3) is 0 Å². The molecule has 2 N–H and O–H groups in total. The van der Waals surface area contributed by atoms with Crippen molar-refractivity contribution < 1.29 is 0 Å². The van der Waals surface area contributed by atoms with Crippen LogP contribution in [-0.2, 0) is 12.8 Å². The minimum absolute atomic E-state index is 0.635. The Bertz CT molecular complexity index is 367. The van der Waals surface area contributed by atoms with Gasteiger partial charge in [-0.15, -0.1) is 0 Å². The molecule has 1 fully saturated rings. The molecule has 0 amide bonds. The van der Waals surface area contributed by atoms with Crippen molar-refractivity contribution in [1.82, 2.24) is 4.98 Å². The average Bonchev–Trinajstić information content (AvgIpc) is 2.15. The van der Waals surface area contributed by atoms with E-state index in [-0.39, 0.29) is 0 Å². The van der Waals surface area contributed by atoms with Gasteiger partial charge >= 0.3 is 0 Å². The van der Waals surface area contributed by atoms with Gasteiger partial charge < -0.3 is 5.73 Å². The third-order valence-corrected chi connectivity index (χ3v) is 3.96. The molecule has 2 aliphatic carbocycles. The lowest BCUT2D eigenvalue weighted by Gasteiger charge is -2.45. The third-order valence-electron chi connectivity index (χ3n) is 3.96. The highest BCUT2D eigenvalue weighted by atomic mass is 14.7. The summed E-state index contributed by atoms with van der Waals surface area (Å²) in [5.41, 5.74) is 9.88. The maximum absolute atomic E-state index is 5.73. The Morgan fingerprint density at radius 1 is 1.29 bits per heavy atom. The number of nitrogens with two attached hydrogens (primary N) is 1. The predicted molar refractivity (Wildman–Crippen MR) is 57.0 cm³/mol. The first-order chi connectivity index (χ1) is 6.77. The number of nitrogen functional groups attached to an aromatic ring is 1. The van der Waals surface area contributed by atoms with Crippen molar-refractivity contribution in [2.75, 3.05) is 5.73 Å². The molecule has 1 heterocycles. The normalized spacial score (nSPS) is 22.9. The standard InChI is InChI=1S/C12H16N2/c13-10-6-9-2-5-12(3-1-4-12)7-11(9)14-8-10/h6,8H,1-5,7,13H2. The first-order valence-corrected chi connectivity index (χ1v) is 5.51. The monoisotopic (exact) mass is 188 g/mol. The number of hydrogen-bond acceptors (Lipinski definition) is 2. The van der Waals surface area contributed by atoms with Gasteiger partial charge in [0.05, 0.1) is 11.9 Å². The van der Waals surface area contributed by atoms with Gasteiger partial charge in [-0.3, -0.25) is 4.98 Å². The van der Waals surface area contributed by atoms with E-state index in [1.807, 2.05) is 0 Å². The molecule has 2 heteroatoms. The molecule has 2 aliphatic rings. The zero-order chi connectivity index (χ0) is 9.60. The highest BCUT2D eigenvalue weighted by Gasteiger charge is 2.39. The fourth-order valence-corrected chi connectivity index (χ4v) is 2.88. The molecule has 0 radical (unpaired) electrons. The van der Waals surface area contributed by atoms with Crippen molar-refractivity contribution in [2.45, 2.75) is 38.5 Å². The summed E-state index contributed by atoms with van der Waals surface area (Å²) in [6.07, 6.45) is 9.79. The summed E-state index contributed by atoms with van der Waals surface area (Å²) >= 11 is 0. The summed E-state index contributed by atoms with van der Waals surface area (Å²) in [7, 11) is 0. The van der Waals surface area contributed by atoms with Crippen LogP contribution in [0.2, 0.25) is 0 Å². The minimum atomic E-state index is 0.635. The SMILES string of the molecule is Nc1cnc2c(c1)CCC1(CCC1)C2. The summed E-state index contributed by atoms with van der Waals surface area (Å²) < 4.78 is 0. The van der Waals surface area contributed by atoms with Crippen LogP contribution >= 0.6 is 0 Å². The Kier molecular flexibility index (Phi) is 1.61. The lowest BCUT2D eigenvalue weighted by molar-refractivity contribution is 0.109. The summed E-state index contributed by atoms with van der Waals surface area (Å²) in [5.74, 6) is 0. The van der Waals surface area contributed by atoms with Crippen LogP contribution in [0.15, 0.2) is 12.3 Å². The van der Waals surface area contributed by atoms with E-state index in [1.54, 1.807) is 6.20 Å². The summed E-state index contributed by atoms with van der Waals surface area (Å²) in [6.45, 7) is 0. The second kappa shape index (κ2) is 2.72. The first-order valence-electron chi connectivity index (χ1n) is 5.51. The molecule has 0 bridgehead atoms. The number of anilines is 1. The number of rotatable bonds is 0. The highest BCUT2D eigenvalue weighted by Crippen LogP contribution is 2.49. The molecular weight excluding hydrogens is 172 g/mol. The fraction of sp³-hybridized carbons (Fsp3) is 0.583. The number of pyridine rings is 1. The molecule has 0 aromatic carbocycles. The van der Waals surface area contributed by atoms with Crippen LogP contribution in [0.3, 0.4) is 0 Å². The zero-order valence-corrected chi connectivity index (χ0v) is 8.42. The lowest BCUT2D eigenvalue weighted by Crippen LogP contribution is -2.35. The first kappa shape index (κ1) is 8.27. The molecule has 0 unspecified atom stereocenters. The second-order valence-corrected chi connectivity index (χ2v) is 4.90. The third kappa shape index (κ3) is 1.13. The predicted octanol–water partition coefficient (Wildman–Crippen LogP) is 2.32. The molecule has 1 saturated carbocycles. The molecule has 0 atom stereocenters. The molecule has 14 heavy (non-hydrogen) atoms. The van der Waals surface area contributed by atoms with Gasteiger partial charge in [-0.05, 0) is 49.1 Å². The molecule has 3 rings (SSSR count). The summed E-state index contributed by atoms with van der Waals surface area (Å²) in [5, 5.41) is 0. The molecule has 0 saturated heterocycles. The topological polar surface area (TPSA) is 38.9 Å². The van der Waals surface area contributed by atoms with Crippen LogP contribution in [0.25, 0.3) is 0 Å². The Morgan fingerprint density at radius 3 is 2.86 bits per heavy atom. The molecule has 1 aromatic heterocycles. The Labute approximate surface area is 84.5 Å². The van der Waals surface area contributed by atoms with Crippen molar-refractivity contribution in [1.29, 1.82) is 0 Å². The molecule has 1 aromatic rings. The van der Waals surface area contributed by atoms with E-state index in [0.29, 0.717) is 5.41 Å². The molecule has 74 valence electrons. The van der Waals surface area contributed by atoms with Gasteiger partial charge in [0, 0.05) is 5.69 Å². The number of hydrogen-bond donors (Lipinski definition) is 1. The minimum Gasteiger partial charge on any atom is -0.397 e. The van der Waals surface area contributed by atoms with Gasteiger partial charge in [-0.2, -0.15) is 0 Å². The molecular formula is C12H16N2.